The quantitative estimate of drug-likeness (QED) is 0.693. The van der Waals surface area contributed by atoms with E-state index in [1.807, 2.05) is 0 Å². The first-order chi connectivity index (χ1) is 14.2. The van der Waals surface area contributed by atoms with Crippen molar-refractivity contribution >= 4 is 40.9 Å². The molecule has 1 fully saturated rings. The number of rotatable bonds is 5. The molecule has 1 amide bonds. The molecular formula is C21H19Cl2N3O4. The molecule has 3 rings (SSSR count). The van der Waals surface area contributed by atoms with Crippen molar-refractivity contribution in [2.24, 2.45) is 11.1 Å². The second-order valence-corrected chi connectivity index (χ2v) is 7.91. The summed E-state index contributed by atoms with van der Waals surface area (Å²) in [5.74, 6) is -2.78. The van der Waals surface area contributed by atoms with Crippen LogP contribution in [0.15, 0.2) is 42.1 Å². The molecule has 7 nitrogen and oxygen atoms in total. The van der Waals surface area contributed by atoms with E-state index in [-0.39, 0.29) is 22.4 Å². The number of benzene rings is 1. The smallest absolute Gasteiger partial charge is 0.329 e. The van der Waals surface area contributed by atoms with Crippen LogP contribution in [0.1, 0.15) is 25.3 Å². The number of fused-ring (bicyclic) bond motifs is 1. The molecule has 2 aliphatic heterocycles. The number of carbonyl (C=O) groups is 3. The summed E-state index contributed by atoms with van der Waals surface area (Å²) in [4.78, 5) is 39.1. The predicted molar refractivity (Wildman–Crippen MR) is 110 cm³/mol. The fraction of sp³-hybridized carbons (Fsp3) is 0.333. The Morgan fingerprint density at radius 2 is 2.00 bits per heavy atom. The number of hydrogen-bond acceptors (Lipinski definition) is 6. The molecule has 0 radical (unpaired) electrons. The van der Waals surface area contributed by atoms with Gasteiger partial charge in [-0.05, 0) is 31.5 Å². The largest absolute Gasteiger partial charge is 0.465 e. The van der Waals surface area contributed by atoms with Crippen LogP contribution in [0.5, 0.6) is 0 Å². The van der Waals surface area contributed by atoms with Crippen LogP contribution >= 0.6 is 23.2 Å². The van der Waals surface area contributed by atoms with Crippen molar-refractivity contribution < 1.29 is 19.1 Å². The Labute approximate surface area is 183 Å². The van der Waals surface area contributed by atoms with E-state index in [0.717, 1.165) is 0 Å². The highest BCUT2D eigenvalue weighted by molar-refractivity contribution is 6.42. The van der Waals surface area contributed by atoms with E-state index in [4.69, 9.17) is 33.7 Å². The minimum atomic E-state index is -1.80. The first-order valence-corrected chi connectivity index (χ1v) is 9.95. The highest BCUT2D eigenvalue weighted by Gasteiger charge is 2.66. The zero-order valence-corrected chi connectivity index (χ0v) is 17.8. The van der Waals surface area contributed by atoms with Gasteiger partial charge in [-0.1, -0.05) is 41.4 Å². The molecule has 2 aliphatic rings. The van der Waals surface area contributed by atoms with E-state index in [9.17, 15) is 19.6 Å². The van der Waals surface area contributed by atoms with Crippen molar-refractivity contribution in [2.75, 3.05) is 6.61 Å². The molecule has 1 saturated heterocycles. The van der Waals surface area contributed by atoms with Gasteiger partial charge in [0.05, 0.1) is 28.8 Å². The van der Waals surface area contributed by atoms with Crippen LogP contribution in [0.4, 0.5) is 0 Å². The zero-order valence-electron chi connectivity index (χ0n) is 16.3. The van der Waals surface area contributed by atoms with Crippen LogP contribution in [-0.4, -0.2) is 41.3 Å². The third-order valence-corrected chi connectivity index (χ3v) is 6.20. The molecule has 30 heavy (non-hydrogen) atoms. The third-order valence-electron chi connectivity index (χ3n) is 5.46. The van der Waals surface area contributed by atoms with Crippen LogP contribution in [0.25, 0.3) is 0 Å². The fourth-order valence-electron chi connectivity index (χ4n) is 4.17. The topological polar surface area (TPSA) is 113 Å². The summed E-state index contributed by atoms with van der Waals surface area (Å²) in [7, 11) is 0. The minimum absolute atomic E-state index is 0.0442. The van der Waals surface area contributed by atoms with E-state index >= 15 is 0 Å². The van der Waals surface area contributed by atoms with Gasteiger partial charge in [0, 0.05) is 17.7 Å². The second-order valence-electron chi connectivity index (χ2n) is 7.09. The van der Waals surface area contributed by atoms with Gasteiger partial charge in [0.25, 0.3) is 0 Å². The lowest BCUT2D eigenvalue weighted by Crippen LogP contribution is -2.45. The van der Waals surface area contributed by atoms with Gasteiger partial charge >= 0.3 is 5.97 Å². The number of nitrogens with two attached hydrogens (primary N) is 1. The Kier molecular flexibility index (Phi) is 5.93. The molecule has 0 aliphatic carbocycles. The average molecular weight is 448 g/mol. The number of primary amides is 1. The number of esters is 1. The maximum Gasteiger partial charge on any atom is 0.329 e. The number of halogens is 2. The van der Waals surface area contributed by atoms with Crippen molar-refractivity contribution in [1.29, 1.82) is 5.26 Å². The van der Waals surface area contributed by atoms with Gasteiger partial charge < -0.3 is 15.4 Å². The number of carbonyl (C=O) groups excluding carboxylic acids is 3. The molecule has 9 heteroatoms. The molecule has 2 N–H and O–H groups in total. The first kappa shape index (κ1) is 21.9. The molecule has 0 bridgehead atoms. The second kappa shape index (κ2) is 8.13. The van der Waals surface area contributed by atoms with Gasteiger partial charge in [0.2, 0.25) is 5.91 Å². The molecule has 4 atom stereocenters. The number of hydrogen-bond donors (Lipinski definition) is 1. The van der Waals surface area contributed by atoms with Crippen LogP contribution in [0, 0.1) is 16.7 Å². The molecule has 1 aromatic rings. The van der Waals surface area contributed by atoms with Gasteiger partial charge in [-0.15, -0.1) is 0 Å². The highest BCUT2D eigenvalue weighted by atomic mass is 35.5. The van der Waals surface area contributed by atoms with E-state index in [0.29, 0.717) is 11.1 Å². The lowest BCUT2D eigenvalue weighted by molar-refractivity contribution is -0.153. The van der Waals surface area contributed by atoms with Gasteiger partial charge in [-0.3, -0.25) is 14.4 Å². The number of allylic oxidation sites excluding steroid dienone is 2. The monoisotopic (exact) mass is 447 g/mol. The van der Waals surface area contributed by atoms with Crippen LogP contribution in [-0.2, 0) is 19.1 Å². The fourth-order valence-corrected chi connectivity index (χ4v) is 4.48. The number of ketones is 1. The summed E-state index contributed by atoms with van der Waals surface area (Å²) in [6.45, 7) is 3.05. The maximum absolute atomic E-state index is 13.2. The summed E-state index contributed by atoms with van der Waals surface area (Å²) >= 11 is 12.2. The van der Waals surface area contributed by atoms with E-state index < -0.39 is 35.3 Å². The Morgan fingerprint density at radius 1 is 1.30 bits per heavy atom. The Hall–Kier alpha value is -2.82. The Morgan fingerprint density at radius 3 is 2.53 bits per heavy atom. The zero-order chi connectivity index (χ0) is 22.2. The SMILES string of the molecule is CCOC(=O)[C@]1(C#N)[C@H](c2ccc(Cl)c(Cl)c2)[C@H](C(N)=O)N2C=C(C(C)=O)C=C[C@H]21. The molecule has 0 aromatic heterocycles. The first-order valence-electron chi connectivity index (χ1n) is 9.20. The normalized spacial score (nSPS) is 27.1. The summed E-state index contributed by atoms with van der Waals surface area (Å²) in [6, 6.07) is 4.76. The van der Waals surface area contributed by atoms with Crippen molar-refractivity contribution in [2.45, 2.75) is 31.8 Å². The Balaban J connectivity index is 2.31. The number of nitriles is 1. The molecule has 0 unspecified atom stereocenters. The lowest BCUT2D eigenvalue weighted by atomic mass is 9.68. The number of nitrogens with zero attached hydrogens (tertiary/aromatic N) is 2. The summed E-state index contributed by atoms with van der Waals surface area (Å²) in [5, 5.41) is 10.8. The minimum Gasteiger partial charge on any atom is -0.465 e. The predicted octanol–water partition coefficient (Wildman–Crippen LogP) is 2.73. The van der Waals surface area contributed by atoms with Crippen LogP contribution in [0.3, 0.4) is 0 Å². The molecular weight excluding hydrogens is 429 g/mol. The molecule has 156 valence electrons. The Bertz CT molecular complexity index is 1030. The van der Waals surface area contributed by atoms with Crippen molar-refractivity contribution in [3.63, 3.8) is 0 Å². The van der Waals surface area contributed by atoms with Gasteiger partial charge in [-0.25, -0.2) is 0 Å². The summed E-state index contributed by atoms with van der Waals surface area (Å²) in [6.07, 6.45) is 4.56. The molecule has 0 spiro atoms. The van der Waals surface area contributed by atoms with Gasteiger partial charge in [0.15, 0.2) is 11.2 Å². The average Bonchev–Trinajstić information content (AvgIpc) is 3.01. The summed E-state index contributed by atoms with van der Waals surface area (Å²) in [5.41, 5.74) is 4.68. The van der Waals surface area contributed by atoms with E-state index in [1.165, 1.54) is 36.2 Å². The van der Waals surface area contributed by atoms with Crippen LogP contribution in [0.2, 0.25) is 10.0 Å². The van der Waals surface area contributed by atoms with Crippen molar-refractivity contribution in [1.82, 2.24) is 4.90 Å². The van der Waals surface area contributed by atoms with Crippen molar-refractivity contribution in [3.05, 3.63) is 57.7 Å². The van der Waals surface area contributed by atoms with E-state index in [2.05, 4.69) is 6.07 Å². The van der Waals surface area contributed by atoms with Crippen LogP contribution < -0.4 is 5.73 Å². The standard InChI is InChI=1S/C21H19Cl2N3O4/c1-3-30-20(29)21(10-24)16-7-5-13(11(2)27)9-26(16)18(19(25)28)17(21)12-4-6-14(22)15(23)8-12/h4-9,16-18H,3H2,1-2H3,(H2,25,28)/t16-,17+,18+,21-/m0/s1. The highest BCUT2D eigenvalue weighted by Crippen LogP contribution is 2.54. The van der Waals surface area contributed by atoms with Gasteiger partial charge in [0.1, 0.15) is 6.04 Å². The van der Waals surface area contributed by atoms with Gasteiger partial charge in [-0.2, -0.15) is 5.26 Å². The van der Waals surface area contributed by atoms with E-state index in [1.54, 1.807) is 19.1 Å². The van der Waals surface area contributed by atoms with Crippen molar-refractivity contribution in [3.8, 4) is 6.07 Å². The third kappa shape index (κ3) is 3.26. The molecule has 0 saturated carbocycles. The maximum atomic E-state index is 13.2. The molecule has 1 aromatic carbocycles. The number of amides is 1. The number of Topliss-reactive ketones (excluding diaryl/α,β-unsaturated/α-hetero) is 1. The summed E-state index contributed by atoms with van der Waals surface area (Å²) < 4.78 is 5.26. The molecule has 2 heterocycles. The number of ether oxygens (including phenoxy) is 1. The lowest BCUT2D eigenvalue weighted by Gasteiger charge is -2.32.